The summed E-state index contributed by atoms with van der Waals surface area (Å²) < 4.78 is 5.85. The lowest BCUT2D eigenvalue weighted by molar-refractivity contribution is 0.0566. The number of allylic oxidation sites excluding steroid dienone is 2. The van der Waals surface area contributed by atoms with Gasteiger partial charge in [-0.2, -0.15) is 0 Å². The molecule has 150 valence electrons. The highest BCUT2D eigenvalue weighted by atomic mass is 16.5. The van der Waals surface area contributed by atoms with Gasteiger partial charge >= 0.3 is 0 Å². The predicted octanol–water partition coefficient (Wildman–Crippen LogP) is 6.65. The Morgan fingerprint density at radius 2 is 1.79 bits per heavy atom. The van der Waals surface area contributed by atoms with Gasteiger partial charge in [0, 0.05) is 31.0 Å². The maximum absolute atomic E-state index is 5.85. The number of benzene rings is 1. The Labute approximate surface area is 170 Å². The Bertz CT molecular complexity index is 704. The van der Waals surface area contributed by atoms with Gasteiger partial charge in [0.15, 0.2) is 0 Å². The van der Waals surface area contributed by atoms with Crippen molar-refractivity contribution in [1.82, 2.24) is 9.97 Å². The van der Waals surface area contributed by atoms with Crippen molar-refractivity contribution >= 4 is 6.08 Å². The number of hydrogen-bond acceptors (Lipinski definition) is 3. The van der Waals surface area contributed by atoms with Crippen LogP contribution in [0, 0.1) is 0 Å². The molecule has 0 saturated heterocycles. The molecule has 1 unspecified atom stereocenters. The molecule has 1 aromatic carbocycles. The molecule has 1 heterocycles. The summed E-state index contributed by atoms with van der Waals surface area (Å²) in [6, 6.07) is 8.53. The van der Waals surface area contributed by atoms with Gasteiger partial charge < -0.3 is 4.74 Å². The highest BCUT2D eigenvalue weighted by molar-refractivity contribution is 5.64. The van der Waals surface area contributed by atoms with E-state index in [2.05, 4.69) is 66.8 Å². The van der Waals surface area contributed by atoms with Crippen molar-refractivity contribution in [3.63, 3.8) is 0 Å². The monoisotopic (exact) mass is 378 g/mol. The number of nitrogens with zero attached hydrogens (tertiary/aromatic N) is 2. The second kappa shape index (κ2) is 13.0. The summed E-state index contributed by atoms with van der Waals surface area (Å²) in [5.41, 5.74) is 3.39. The number of unbranched alkanes of at least 4 members (excludes halogenated alkanes) is 3. The van der Waals surface area contributed by atoms with Gasteiger partial charge in [-0.25, -0.2) is 9.97 Å². The summed E-state index contributed by atoms with van der Waals surface area (Å²) in [7, 11) is 0. The summed E-state index contributed by atoms with van der Waals surface area (Å²) in [5, 5.41) is 0. The van der Waals surface area contributed by atoms with Crippen LogP contribution in [-0.2, 0) is 11.2 Å². The van der Waals surface area contributed by atoms with Crippen LogP contribution < -0.4 is 0 Å². The van der Waals surface area contributed by atoms with Crippen molar-refractivity contribution in [2.75, 3.05) is 6.61 Å². The highest BCUT2D eigenvalue weighted by Gasteiger charge is 2.01. The number of rotatable bonds is 13. The van der Waals surface area contributed by atoms with Crippen LogP contribution in [0.25, 0.3) is 17.2 Å². The van der Waals surface area contributed by atoms with Gasteiger partial charge in [0.05, 0.1) is 6.10 Å². The van der Waals surface area contributed by atoms with E-state index in [0.717, 1.165) is 42.8 Å². The van der Waals surface area contributed by atoms with E-state index in [0.29, 0.717) is 12.5 Å². The first-order valence-corrected chi connectivity index (χ1v) is 10.5. The second-order valence-electron chi connectivity index (χ2n) is 7.22. The predicted molar refractivity (Wildman–Crippen MR) is 119 cm³/mol. The van der Waals surface area contributed by atoms with Crippen molar-refractivity contribution in [1.29, 1.82) is 0 Å². The fourth-order valence-electron chi connectivity index (χ4n) is 2.99. The van der Waals surface area contributed by atoms with Crippen LogP contribution in [0.4, 0.5) is 0 Å². The van der Waals surface area contributed by atoms with Gasteiger partial charge in [-0.15, -0.1) is 6.58 Å². The molecule has 0 aliphatic carbocycles. The molecule has 0 bridgehead atoms. The minimum Gasteiger partial charge on any atom is -0.379 e. The molecular formula is C25H34N2O. The zero-order valence-corrected chi connectivity index (χ0v) is 17.4. The standard InChI is InChI=1S/C25H34N2O/c1-4-6-10-18-28-21(3)12-8-7-9-13-22-14-16-23(17-15-22)24-19-26-25(11-5-2)27-20-24/h5,9,13-17,19-21H,2,4,6-8,10-12,18H2,1,3H3/b13-9+. The van der Waals surface area contributed by atoms with Crippen LogP contribution in [0.3, 0.4) is 0 Å². The maximum atomic E-state index is 5.85. The molecule has 0 saturated carbocycles. The lowest BCUT2D eigenvalue weighted by atomic mass is 10.1. The summed E-state index contributed by atoms with van der Waals surface area (Å²) >= 11 is 0. The molecule has 1 atom stereocenters. The number of hydrogen-bond donors (Lipinski definition) is 0. The molecule has 3 heteroatoms. The van der Waals surface area contributed by atoms with E-state index in [1.165, 1.54) is 24.8 Å². The van der Waals surface area contributed by atoms with Gasteiger partial charge in [-0.3, -0.25) is 0 Å². The Kier molecular flexibility index (Phi) is 10.2. The van der Waals surface area contributed by atoms with E-state index in [4.69, 9.17) is 4.74 Å². The van der Waals surface area contributed by atoms with E-state index in [1.54, 1.807) is 0 Å². The normalized spacial score (nSPS) is 12.4. The van der Waals surface area contributed by atoms with Crippen molar-refractivity contribution < 1.29 is 4.74 Å². The van der Waals surface area contributed by atoms with Gasteiger partial charge in [0.2, 0.25) is 0 Å². The first-order chi connectivity index (χ1) is 13.7. The average molecular weight is 379 g/mol. The van der Waals surface area contributed by atoms with E-state index < -0.39 is 0 Å². The zero-order chi connectivity index (χ0) is 20.0. The van der Waals surface area contributed by atoms with Crippen LogP contribution in [0.15, 0.2) is 55.4 Å². The highest BCUT2D eigenvalue weighted by Crippen LogP contribution is 2.19. The smallest absolute Gasteiger partial charge is 0.131 e. The summed E-state index contributed by atoms with van der Waals surface area (Å²) in [6.07, 6.45) is 18.2. The first kappa shape index (κ1) is 22.0. The van der Waals surface area contributed by atoms with E-state index in [-0.39, 0.29) is 0 Å². The second-order valence-corrected chi connectivity index (χ2v) is 7.22. The van der Waals surface area contributed by atoms with Crippen LogP contribution in [-0.4, -0.2) is 22.7 Å². The van der Waals surface area contributed by atoms with Crippen LogP contribution in [0.5, 0.6) is 0 Å². The average Bonchev–Trinajstić information content (AvgIpc) is 2.72. The Balaban J connectivity index is 1.72. The molecule has 0 radical (unpaired) electrons. The third-order valence-electron chi connectivity index (χ3n) is 4.72. The minimum atomic E-state index is 0.365. The molecule has 0 N–H and O–H groups in total. The maximum Gasteiger partial charge on any atom is 0.131 e. The Hall–Kier alpha value is -2.26. The third-order valence-corrected chi connectivity index (χ3v) is 4.72. The molecule has 0 amide bonds. The van der Waals surface area contributed by atoms with Crippen molar-refractivity contribution in [3.8, 4) is 11.1 Å². The molecule has 0 aliphatic heterocycles. The van der Waals surface area contributed by atoms with Crippen molar-refractivity contribution in [2.24, 2.45) is 0 Å². The quantitative estimate of drug-likeness (QED) is 0.289. The van der Waals surface area contributed by atoms with Gasteiger partial charge in [-0.1, -0.05) is 62.3 Å². The lowest BCUT2D eigenvalue weighted by Gasteiger charge is -2.12. The Morgan fingerprint density at radius 1 is 1.04 bits per heavy atom. The SMILES string of the molecule is C=CCc1ncc(-c2ccc(/C=C/CCCC(C)OCCCCC)cc2)cn1. The summed E-state index contributed by atoms with van der Waals surface area (Å²) in [6.45, 7) is 9.02. The minimum absolute atomic E-state index is 0.365. The molecule has 0 fully saturated rings. The van der Waals surface area contributed by atoms with Crippen LogP contribution in [0.2, 0.25) is 0 Å². The van der Waals surface area contributed by atoms with E-state index >= 15 is 0 Å². The molecule has 2 aromatic rings. The molecule has 1 aromatic heterocycles. The Morgan fingerprint density at radius 3 is 2.46 bits per heavy atom. The van der Waals surface area contributed by atoms with Crippen LogP contribution in [0.1, 0.15) is 63.8 Å². The molecule has 0 aliphatic rings. The molecule has 0 spiro atoms. The first-order valence-electron chi connectivity index (χ1n) is 10.5. The topological polar surface area (TPSA) is 35.0 Å². The molecule has 2 rings (SSSR count). The van der Waals surface area contributed by atoms with Crippen molar-refractivity contribution in [3.05, 3.63) is 66.8 Å². The van der Waals surface area contributed by atoms with Gasteiger partial charge in [0.25, 0.3) is 0 Å². The van der Waals surface area contributed by atoms with Crippen molar-refractivity contribution in [2.45, 2.75) is 64.9 Å². The molecule has 3 nitrogen and oxygen atoms in total. The molecular weight excluding hydrogens is 344 g/mol. The zero-order valence-electron chi connectivity index (χ0n) is 17.4. The summed E-state index contributed by atoms with van der Waals surface area (Å²) in [5.74, 6) is 0.805. The fraction of sp³-hybridized carbons (Fsp3) is 0.440. The lowest BCUT2D eigenvalue weighted by Crippen LogP contribution is -2.08. The fourth-order valence-corrected chi connectivity index (χ4v) is 2.99. The number of aromatic nitrogens is 2. The number of ether oxygens (including phenoxy) is 1. The van der Waals surface area contributed by atoms with Gasteiger partial charge in [-0.05, 0) is 43.7 Å². The third kappa shape index (κ3) is 8.18. The molecule has 28 heavy (non-hydrogen) atoms. The van der Waals surface area contributed by atoms with E-state index in [1.807, 2.05) is 18.5 Å². The van der Waals surface area contributed by atoms with E-state index in [9.17, 15) is 0 Å². The van der Waals surface area contributed by atoms with Gasteiger partial charge in [0.1, 0.15) is 5.82 Å². The summed E-state index contributed by atoms with van der Waals surface area (Å²) in [4.78, 5) is 8.75. The largest absolute Gasteiger partial charge is 0.379 e. The van der Waals surface area contributed by atoms with Crippen LogP contribution >= 0.6 is 0 Å².